The average molecular weight is 333 g/mol. The molecule has 1 aliphatic rings. The Morgan fingerprint density at radius 3 is 1.43 bits per heavy atom. The number of hydrogen-bond acceptors (Lipinski definition) is 1. The minimum Gasteiger partial charge on any atom is -0.364 e. The van der Waals surface area contributed by atoms with Crippen LogP contribution in [-0.2, 0) is 0 Å². The number of nitrogens with zero attached hydrogens (tertiary/aromatic N) is 1. The summed E-state index contributed by atoms with van der Waals surface area (Å²) in [4.78, 5) is -0.250. The molecule has 11 heteroatoms. The second-order valence-corrected chi connectivity index (χ2v) is 4.61. The van der Waals surface area contributed by atoms with Gasteiger partial charge in [0.25, 0.3) is 0 Å². The van der Waals surface area contributed by atoms with Gasteiger partial charge in [-0.3, -0.25) is 0 Å². The van der Waals surface area contributed by atoms with E-state index in [0.29, 0.717) is 0 Å². The maximum atomic E-state index is 12.6. The van der Waals surface area contributed by atoms with Gasteiger partial charge >= 0.3 is 18.5 Å². The van der Waals surface area contributed by atoms with Crippen LogP contribution in [0.5, 0.6) is 0 Å². The van der Waals surface area contributed by atoms with Crippen LogP contribution in [0.1, 0.15) is 6.42 Å². The lowest BCUT2D eigenvalue weighted by molar-refractivity contribution is -0.233. The average Bonchev–Trinajstić information content (AvgIpc) is 2.25. The van der Waals surface area contributed by atoms with Crippen LogP contribution in [0.25, 0.3) is 0 Å². The Morgan fingerprint density at radius 1 is 0.810 bits per heavy atom. The van der Waals surface area contributed by atoms with Gasteiger partial charge in [0.05, 0.1) is 11.8 Å². The number of halogens is 10. The molecule has 1 fully saturated rings. The molecular formula is C10H9F10N. The maximum Gasteiger partial charge on any atom is 0.433 e. The lowest BCUT2D eigenvalue weighted by atomic mass is 9.88. The van der Waals surface area contributed by atoms with Gasteiger partial charge in [-0.25, -0.2) is 4.39 Å². The second-order valence-electron chi connectivity index (χ2n) is 4.61. The summed E-state index contributed by atoms with van der Waals surface area (Å²) in [7, 11) is 0. The van der Waals surface area contributed by atoms with E-state index in [2.05, 4.69) is 0 Å². The van der Waals surface area contributed by atoms with Gasteiger partial charge in [0.1, 0.15) is 12.0 Å². The van der Waals surface area contributed by atoms with E-state index in [-0.39, 0.29) is 4.90 Å². The van der Waals surface area contributed by atoms with E-state index in [1.165, 1.54) is 0 Å². The minimum absolute atomic E-state index is 0.250. The quantitative estimate of drug-likeness (QED) is 0.642. The minimum atomic E-state index is -5.38. The van der Waals surface area contributed by atoms with Crippen LogP contribution in [0.4, 0.5) is 43.9 Å². The standard InChI is InChI=1S/C10H9F10N/c11-2-7(10(18,19)20)21-3-5(8(12,13)14)1-6(4-21)9(15,16)17/h2,5-6H,1,3-4H2/b7-2+. The van der Waals surface area contributed by atoms with Gasteiger partial charge in [0.2, 0.25) is 0 Å². The molecule has 0 saturated carbocycles. The fourth-order valence-corrected chi connectivity index (χ4v) is 2.08. The molecule has 0 aromatic heterocycles. The number of alkyl halides is 9. The molecule has 0 spiro atoms. The lowest BCUT2D eigenvalue weighted by Crippen LogP contribution is -2.50. The monoisotopic (exact) mass is 333 g/mol. The Balaban J connectivity index is 3.10. The highest BCUT2D eigenvalue weighted by molar-refractivity contribution is 5.07. The van der Waals surface area contributed by atoms with Gasteiger partial charge in [0.15, 0.2) is 0 Å². The molecule has 0 radical (unpaired) electrons. The van der Waals surface area contributed by atoms with Crippen molar-refractivity contribution in [3.8, 4) is 0 Å². The zero-order chi connectivity index (χ0) is 16.6. The molecule has 1 saturated heterocycles. The molecule has 0 N–H and O–H groups in total. The van der Waals surface area contributed by atoms with E-state index in [9.17, 15) is 43.9 Å². The van der Waals surface area contributed by atoms with E-state index < -0.39 is 61.9 Å². The van der Waals surface area contributed by atoms with E-state index in [1.54, 1.807) is 0 Å². The summed E-state index contributed by atoms with van der Waals surface area (Å²) in [5.41, 5.74) is -2.15. The highest BCUT2D eigenvalue weighted by atomic mass is 19.4. The van der Waals surface area contributed by atoms with Crippen LogP contribution in [0.3, 0.4) is 0 Å². The predicted molar refractivity (Wildman–Crippen MR) is 50.5 cm³/mol. The Hall–Kier alpha value is -1.16. The van der Waals surface area contributed by atoms with Gasteiger partial charge < -0.3 is 4.90 Å². The van der Waals surface area contributed by atoms with Crippen molar-refractivity contribution in [1.29, 1.82) is 0 Å². The van der Waals surface area contributed by atoms with Crippen molar-refractivity contribution < 1.29 is 43.9 Å². The van der Waals surface area contributed by atoms with Crippen molar-refractivity contribution >= 4 is 0 Å². The van der Waals surface area contributed by atoms with Gasteiger partial charge in [-0.2, -0.15) is 39.5 Å². The molecular weight excluding hydrogens is 324 g/mol. The number of likely N-dealkylation sites (tertiary alicyclic amines) is 1. The predicted octanol–water partition coefficient (Wildman–Crippen LogP) is 4.42. The molecule has 1 heterocycles. The number of piperidine rings is 1. The Bertz CT molecular complexity index is 368. The maximum absolute atomic E-state index is 12.6. The van der Waals surface area contributed by atoms with E-state index >= 15 is 0 Å². The largest absolute Gasteiger partial charge is 0.433 e. The molecule has 0 aromatic rings. The Kier molecular flexibility index (Phi) is 4.74. The zero-order valence-electron chi connectivity index (χ0n) is 10.1. The topological polar surface area (TPSA) is 3.24 Å². The van der Waals surface area contributed by atoms with Crippen LogP contribution in [0, 0.1) is 11.8 Å². The third-order valence-corrected chi connectivity index (χ3v) is 3.11. The fourth-order valence-electron chi connectivity index (χ4n) is 2.08. The highest BCUT2D eigenvalue weighted by Gasteiger charge is 2.53. The molecule has 1 nitrogen and oxygen atoms in total. The van der Waals surface area contributed by atoms with E-state index in [0.717, 1.165) is 0 Å². The van der Waals surface area contributed by atoms with Gasteiger partial charge in [-0.15, -0.1) is 0 Å². The summed E-state index contributed by atoms with van der Waals surface area (Å²) >= 11 is 0. The van der Waals surface area contributed by atoms with Crippen molar-refractivity contribution in [2.45, 2.75) is 24.9 Å². The summed E-state index contributed by atoms with van der Waals surface area (Å²) in [5.74, 6) is -5.23. The van der Waals surface area contributed by atoms with Crippen LogP contribution >= 0.6 is 0 Å². The zero-order valence-corrected chi connectivity index (χ0v) is 10.1. The lowest BCUT2D eigenvalue weighted by Gasteiger charge is -2.41. The first-order chi connectivity index (χ1) is 9.26. The van der Waals surface area contributed by atoms with E-state index in [4.69, 9.17) is 0 Å². The summed E-state index contributed by atoms with van der Waals surface area (Å²) in [5, 5.41) is 0. The van der Waals surface area contributed by atoms with Gasteiger partial charge in [0, 0.05) is 13.1 Å². The van der Waals surface area contributed by atoms with Gasteiger partial charge in [-0.05, 0) is 6.42 Å². The van der Waals surface area contributed by atoms with Crippen molar-refractivity contribution in [2.75, 3.05) is 13.1 Å². The molecule has 0 aliphatic carbocycles. The molecule has 2 unspecified atom stereocenters. The number of rotatable bonds is 1. The molecule has 1 aliphatic heterocycles. The SMILES string of the molecule is F/C=C(/N1CC(C(F)(F)F)CC(C(F)(F)F)C1)C(F)(F)F. The molecule has 1 rings (SSSR count). The summed E-state index contributed by atoms with van der Waals surface area (Å²) < 4.78 is 125. The first-order valence-electron chi connectivity index (χ1n) is 5.52. The molecule has 21 heavy (non-hydrogen) atoms. The highest BCUT2D eigenvalue weighted by Crippen LogP contribution is 2.43. The molecule has 0 amide bonds. The first-order valence-corrected chi connectivity index (χ1v) is 5.52. The number of hydrogen-bond donors (Lipinski definition) is 0. The summed E-state index contributed by atoms with van der Waals surface area (Å²) in [6.45, 7) is -2.74. The van der Waals surface area contributed by atoms with Crippen LogP contribution in [0.15, 0.2) is 12.0 Å². The van der Waals surface area contributed by atoms with Crippen LogP contribution in [0.2, 0.25) is 0 Å². The normalized spacial score (nSPS) is 26.2. The van der Waals surface area contributed by atoms with Crippen LogP contribution < -0.4 is 0 Å². The van der Waals surface area contributed by atoms with E-state index in [1.807, 2.05) is 0 Å². The third kappa shape index (κ3) is 4.40. The summed E-state index contributed by atoms with van der Waals surface area (Å²) in [6.07, 6.45) is -18.0. The molecule has 124 valence electrons. The van der Waals surface area contributed by atoms with Crippen molar-refractivity contribution in [3.05, 3.63) is 12.0 Å². The molecule has 0 aromatic carbocycles. The Morgan fingerprint density at radius 2 is 1.19 bits per heavy atom. The van der Waals surface area contributed by atoms with Crippen molar-refractivity contribution in [1.82, 2.24) is 4.90 Å². The van der Waals surface area contributed by atoms with Gasteiger partial charge in [-0.1, -0.05) is 0 Å². The number of allylic oxidation sites excluding steroid dienone is 1. The molecule has 2 atom stereocenters. The smallest absolute Gasteiger partial charge is 0.364 e. The fraction of sp³-hybridized carbons (Fsp3) is 0.800. The second kappa shape index (κ2) is 5.56. The molecule has 0 bridgehead atoms. The van der Waals surface area contributed by atoms with Crippen molar-refractivity contribution in [2.24, 2.45) is 11.8 Å². The third-order valence-electron chi connectivity index (χ3n) is 3.11. The summed E-state index contributed by atoms with van der Waals surface area (Å²) in [6, 6.07) is 0. The Labute approximate surface area is 112 Å². The van der Waals surface area contributed by atoms with Crippen molar-refractivity contribution in [3.63, 3.8) is 0 Å². The van der Waals surface area contributed by atoms with Crippen LogP contribution in [-0.4, -0.2) is 36.5 Å². The first kappa shape index (κ1) is 17.9.